The number of fused-ring (bicyclic) bond motifs is 1. The molecule has 6 heteroatoms. The van der Waals surface area contributed by atoms with Gasteiger partial charge in [-0.05, 0) is 61.0 Å². The summed E-state index contributed by atoms with van der Waals surface area (Å²) < 4.78 is 4.16. The van der Waals surface area contributed by atoms with Gasteiger partial charge in [0.15, 0.2) is 0 Å². The standard InChI is InChI=1S/C23H19Br2N3O/c1-15(26-23(29)17-8-12-19(25)13-9-17)22-27-20-4-2-3-5-21(20)28(22)14-16-6-10-18(24)11-7-16/h2-13,15H,14H2,1H3,(H,26,29). The number of imidazole rings is 1. The van der Waals surface area contributed by atoms with E-state index in [0.717, 1.165) is 25.8 Å². The first-order valence-electron chi connectivity index (χ1n) is 9.27. The predicted octanol–water partition coefficient (Wildman–Crippen LogP) is 6.10. The van der Waals surface area contributed by atoms with Crippen molar-refractivity contribution in [3.05, 3.63) is 98.7 Å². The lowest BCUT2D eigenvalue weighted by Crippen LogP contribution is -2.28. The van der Waals surface area contributed by atoms with Gasteiger partial charge in [0.05, 0.1) is 17.1 Å². The zero-order chi connectivity index (χ0) is 20.4. The second-order valence-electron chi connectivity index (χ2n) is 6.87. The fraction of sp³-hybridized carbons (Fsp3) is 0.130. The largest absolute Gasteiger partial charge is 0.342 e. The van der Waals surface area contributed by atoms with Crippen LogP contribution in [0, 0.1) is 0 Å². The molecule has 1 heterocycles. The molecule has 1 amide bonds. The van der Waals surface area contributed by atoms with E-state index in [-0.39, 0.29) is 11.9 Å². The molecular formula is C23H19Br2N3O. The van der Waals surface area contributed by atoms with Gasteiger partial charge in [-0.1, -0.05) is 56.1 Å². The van der Waals surface area contributed by atoms with Gasteiger partial charge >= 0.3 is 0 Å². The molecule has 0 aliphatic heterocycles. The number of benzene rings is 3. The minimum Gasteiger partial charge on any atom is -0.342 e. The molecule has 1 N–H and O–H groups in total. The Labute approximate surface area is 186 Å². The Balaban J connectivity index is 1.65. The van der Waals surface area contributed by atoms with Crippen molar-refractivity contribution in [2.45, 2.75) is 19.5 Å². The van der Waals surface area contributed by atoms with Gasteiger partial charge in [0, 0.05) is 21.1 Å². The average Bonchev–Trinajstić information content (AvgIpc) is 3.09. The van der Waals surface area contributed by atoms with E-state index < -0.39 is 0 Å². The maximum atomic E-state index is 12.7. The van der Waals surface area contributed by atoms with Crippen LogP contribution in [0.5, 0.6) is 0 Å². The quantitative estimate of drug-likeness (QED) is 0.351. The first-order valence-corrected chi connectivity index (χ1v) is 10.9. The van der Waals surface area contributed by atoms with Gasteiger partial charge in [-0.25, -0.2) is 4.98 Å². The molecule has 0 saturated carbocycles. The van der Waals surface area contributed by atoms with E-state index in [9.17, 15) is 4.79 Å². The maximum Gasteiger partial charge on any atom is 0.251 e. The smallest absolute Gasteiger partial charge is 0.251 e. The number of carbonyl (C=O) groups excluding carboxylic acids is 1. The molecule has 1 aromatic heterocycles. The predicted molar refractivity (Wildman–Crippen MR) is 123 cm³/mol. The van der Waals surface area contributed by atoms with Crippen molar-refractivity contribution in [3.63, 3.8) is 0 Å². The Morgan fingerprint density at radius 1 is 0.966 bits per heavy atom. The van der Waals surface area contributed by atoms with Crippen molar-refractivity contribution in [2.75, 3.05) is 0 Å². The number of amides is 1. The molecule has 4 aromatic rings. The van der Waals surface area contributed by atoms with Crippen LogP contribution in [0.1, 0.15) is 34.7 Å². The van der Waals surface area contributed by atoms with E-state index in [4.69, 9.17) is 4.98 Å². The summed E-state index contributed by atoms with van der Waals surface area (Å²) in [6, 6.07) is 23.4. The molecule has 0 aliphatic rings. The molecule has 3 aromatic carbocycles. The second-order valence-corrected chi connectivity index (χ2v) is 8.70. The number of hydrogen-bond donors (Lipinski definition) is 1. The molecule has 0 fully saturated rings. The van der Waals surface area contributed by atoms with Crippen LogP contribution in [0.4, 0.5) is 0 Å². The van der Waals surface area contributed by atoms with Crippen LogP contribution in [0.2, 0.25) is 0 Å². The van der Waals surface area contributed by atoms with Gasteiger partial charge in [-0.2, -0.15) is 0 Å². The molecule has 0 saturated heterocycles. The minimum atomic E-state index is -0.242. The topological polar surface area (TPSA) is 46.9 Å². The van der Waals surface area contributed by atoms with E-state index >= 15 is 0 Å². The van der Waals surface area contributed by atoms with E-state index in [0.29, 0.717) is 12.1 Å². The monoisotopic (exact) mass is 511 g/mol. The van der Waals surface area contributed by atoms with Gasteiger partial charge in [0.1, 0.15) is 5.82 Å². The first-order chi connectivity index (χ1) is 14.0. The summed E-state index contributed by atoms with van der Waals surface area (Å²) in [7, 11) is 0. The van der Waals surface area contributed by atoms with Crippen LogP contribution in [0.3, 0.4) is 0 Å². The highest BCUT2D eigenvalue weighted by Crippen LogP contribution is 2.23. The summed E-state index contributed by atoms with van der Waals surface area (Å²) >= 11 is 6.88. The van der Waals surface area contributed by atoms with Gasteiger partial charge in [0.2, 0.25) is 0 Å². The molecule has 0 spiro atoms. The molecule has 4 rings (SSSR count). The van der Waals surface area contributed by atoms with Crippen LogP contribution in [0.25, 0.3) is 11.0 Å². The lowest BCUT2D eigenvalue weighted by molar-refractivity contribution is 0.0937. The van der Waals surface area contributed by atoms with E-state index in [1.165, 1.54) is 5.56 Å². The normalized spacial score (nSPS) is 12.1. The third-order valence-corrected chi connectivity index (χ3v) is 5.84. The SMILES string of the molecule is CC(NC(=O)c1ccc(Br)cc1)c1nc2ccccc2n1Cc1ccc(Br)cc1. The molecule has 0 aliphatic carbocycles. The minimum absolute atomic E-state index is 0.118. The number of rotatable bonds is 5. The van der Waals surface area contributed by atoms with Crippen molar-refractivity contribution in [3.8, 4) is 0 Å². The van der Waals surface area contributed by atoms with Gasteiger partial charge < -0.3 is 9.88 Å². The zero-order valence-corrected chi connectivity index (χ0v) is 18.9. The van der Waals surface area contributed by atoms with Crippen molar-refractivity contribution < 1.29 is 4.79 Å². The van der Waals surface area contributed by atoms with Gasteiger partial charge in [-0.15, -0.1) is 0 Å². The molecule has 0 radical (unpaired) electrons. The molecule has 1 unspecified atom stereocenters. The molecule has 0 bridgehead atoms. The molecule has 4 nitrogen and oxygen atoms in total. The summed E-state index contributed by atoms with van der Waals surface area (Å²) in [5, 5.41) is 3.08. The number of nitrogens with zero attached hydrogens (tertiary/aromatic N) is 2. The number of hydrogen-bond acceptors (Lipinski definition) is 2. The van der Waals surface area contributed by atoms with Gasteiger partial charge in [0.25, 0.3) is 5.91 Å². The summed E-state index contributed by atoms with van der Waals surface area (Å²) in [5.41, 5.74) is 3.76. The highest BCUT2D eigenvalue weighted by molar-refractivity contribution is 9.10. The lowest BCUT2D eigenvalue weighted by Gasteiger charge is -2.17. The molecule has 1 atom stereocenters. The summed E-state index contributed by atoms with van der Waals surface area (Å²) in [6.07, 6.45) is 0. The average molecular weight is 513 g/mol. The third kappa shape index (κ3) is 4.43. The molecule has 29 heavy (non-hydrogen) atoms. The fourth-order valence-corrected chi connectivity index (χ4v) is 3.84. The number of nitrogens with one attached hydrogen (secondary N) is 1. The Morgan fingerprint density at radius 3 is 2.28 bits per heavy atom. The highest BCUT2D eigenvalue weighted by atomic mass is 79.9. The van der Waals surface area contributed by atoms with Crippen LogP contribution < -0.4 is 5.32 Å². The number of aromatic nitrogens is 2. The highest BCUT2D eigenvalue weighted by Gasteiger charge is 2.19. The van der Waals surface area contributed by atoms with E-state index in [1.807, 2.05) is 49.4 Å². The van der Waals surface area contributed by atoms with Gasteiger partial charge in [-0.3, -0.25) is 4.79 Å². The van der Waals surface area contributed by atoms with E-state index in [1.54, 1.807) is 12.1 Å². The Morgan fingerprint density at radius 2 is 1.59 bits per heavy atom. The number of halogens is 2. The Kier molecular flexibility index (Phi) is 5.83. The maximum absolute atomic E-state index is 12.7. The number of carbonyl (C=O) groups is 1. The Hall–Kier alpha value is -2.44. The lowest BCUT2D eigenvalue weighted by atomic mass is 10.2. The number of para-hydroxylation sites is 2. The summed E-state index contributed by atoms with van der Waals surface area (Å²) in [5.74, 6) is 0.715. The van der Waals surface area contributed by atoms with Crippen molar-refractivity contribution >= 4 is 48.8 Å². The van der Waals surface area contributed by atoms with Crippen LogP contribution in [-0.2, 0) is 6.54 Å². The molecule has 146 valence electrons. The zero-order valence-electron chi connectivity index (χ0n) is 15.8. The van der Waals surface area contributed by atoms with Crippen molar-refractivity contribution in [1.29, 1.82) is 0 Å². The van der Waals surface area contributed by atoms with Crippen molar-refractivity contribution in [2.24, 2.45) is 0 Å². The second kappa shape index (κ2) is 8.51. The summed E-state index contributed by atoms with van der Waals surface area (Å²) in [4.78, 5) is 17.5. The van der Waals surface area contributed by atoms with Crippen LogP contribution in [0.15, 0.2) is 81.7 Å². The fourth-order valence-electron chi connectivity index (χ4n) is 3.31. The first kappa shape index (κ1) is 19.9. The van der Waals surface area contributed by atoms with Crippen LogP contribution in [-0.4, -0.2) is 15.5 Å². The summed E-state index contributed by atoms with van der Waals surface area (Å²) in [6.45, 7) is 2.65. The van der Waals surface area contributed by atoms with Crippen LogP contribution >= 0.6 is 31.9 Å². The third-order valence-electron chi connectivity index (χ3n) is 4.78. The molecular weight excluding hydrogens is 494 g/mol. The van der Waals surface area contributed by atoms with Crippen molar-refractivity contribution in [1.82, 2.24) is 14.9 Å². The van der Waals surface area contributed by atoms with E-state index in [2.05, 4.69) is 59.9 Å². The Bertz CT molecular complexity index is 1150.